The summed E-state index contributed by atoms with van der Waals surface area (Å²) < 4.78 is 35.8. The number of alkyl halides is 3. The molecule has 64 valence electrons. The molecule has 0 aromatic heterocycles. The topological polar surface area (TPSA) is 24.4 Å². The molecule has 1 rings (SSSR count). The van der Waals surface area contributed by atoms with Crippen molar-refractivity contribution >= 4 is 5.71 Å². The van der Waals surface area contributed by atoms with Crippen LogP contribution in [0.25, 0.3) is 0 Å². The molecule has 1 atom stereocenters. The number of nitrogens with one attached hydrogen (secondary N) is 1. The van der Waals surface area contributed by atoms with Crippen LogP contribution in [0.1, 0.15) is 19.8 Å². The average Bonchev–Trinajstić information content (AvgIpc) is 2.32. The van der Waals surface area contributed by atoms with E-state index < -0.39 is 12.2 Å². The van der Waals surface area contributed by atoms with E-state index in [1.165, 1.54) is 0 Å². The fourth-order valence-electron chi connectivity index (χ4n) is 0.908. The van der Waals surface area contributed by atoms with E-state index in [0.717, 1.165) is 0 Å². The van der Waals surface area contributed by atoms with Crippen molar-refractivity contribution in [2.75, 3.05) is 0 Å². The maximum Gasteiger partial charge on any atom is 0.410 e. The molecule has 0 aromatic rings. The predicted molar refractivity (Wildman–Crippen MR) is 35.3 cm³/mol. The van der Waals surface area contributed by atoms with Gasteiger partial charge in [-0.15, -0.1) is 0 Å². The van der Waals surface area contributed by atoms with Gasteiger partial charge < -0.3 is 0 Å². The van der Waals surface area contributed by atoms with Crippen molar-refractivity contribution in [1.82, 2.24) is 5.43 Å². The first-order chi connectivity index (χ1) is 5.04. The smallest absolute Gasteiger partial charge is 0.298 e. The Balaban J connectivity index is 2.48. The Bertz CT molecular complexity index is 173. The quantitative estimate of drug-likeness (QED) is 0.629. The third-order valence-electron chi connectivity index (χ3n) is 1.62. The highest BCUT2D eigenvalue weighted by Gasteiger charge is 2.42. The second-order valence-electron chi connectivity index (χ2n) is 2.46. The highest BCUT2D eigenvalue weighted by Crippen LogP contribution is 2.25. The van der Waals surface area contributed by atoms with Gasteiger partial charge in [0.1, 0.15) is 6.04 Å². The monoisotopic (exact) mass is 166 g/mol. The molecule has 0 saturated carbocycles. The first-order valence-electron chi connectivity index (χ1n) is 3.41. The summed E-state index contributed by atoms with van der Waals surface area (Å²) in [5.41, 5.74) is 2.65. The third kappa shape index (κ3) is 1.85. The Morgan fingerprint density at radius 1 is 1.64 bits per heavy atom. The molecule has 1 N–H and O–H groups in total. The van der Waals surface area contributed by atoms with Gasteiger partial charge in [0, 0.05) is 12.1 Å². The second-order valence-corrected chi connectivity index (χ2v) is 2.46. The molecule has 1 unspecified atom stereocenters. The van der Waals surface area contributed by atoms with Crippen molar-refractivity contribution in [2.24, 2.45) is 5.10 Å². The van der Waals surface area contributed by atoms with Crippen molar-refractivity contribution in [2.45, 2.75) is 32.0 Å². The molecule has 2 nitrogen and oxygen atoms in total. The molecular weight excluding hydrogens is 157 g/mol. The summed E-state index contributed by atoms with van der Waals surface area (Å²) in [6.45, 7) is 1.79. The average molecular weight is 166 g/mol. The molecule has 1 aliphatic rings. The minimum Gasteiger partial charge on any atom is -0.298 e. The lowest BCUT2D eigenvalue weighted by atomic mass is 10.1. The van der Waals surface area contributed by atoms with Crippen molar-refractivity contribution < 1.29 is 13.2 Å². The number of hydrogen-bond acceptors (Lipinski definition) is 2. The third-order valence-corrected chi connectivity index (χ3v) is 1.62. The SMILES string of the molecule is CCC1=NNC(C(F)(F)F)C1. The van der Waals surface area contributed by atoms with Crippen LogP contribution in [0.15, 0.2) is 5.10 Å². The number of hydrazone groups is 1. The van der Waals surface area contributed by atoms with Crippen molar-refractivity contribution in [1.29, 1.82) is 0 Å². The number of halogens is 3. The van der Waals surface area contributed by atoms with Crippen LogP contribution in [0.3, 0.4) is 0 Å². The van der Waals surface area contributed by atoms with Crippen LogP contribution >= 0.6 is 0 Å². The van der Waals surface area contributed by atoms with E-state index in [9.17, 15) is 13.2 Å². The molecular formula is C6H9F3N2. The van der Waals surface area contributed by atoms with Gasteiger partial charge in [0.05, 0.1) is 0 Å². The van der Waals surface area contributed by atoms with E-state index in [1.807, 2.05) is 0 Å². The molecule has 0 radical (unpaired) electrons. The summed E-state index contributed by atoms with van der Waals surface area (Å²) in [4.78, 5) is 0. The van der Waals surface area contributed by atoms with Gasteiger partial charge in [0.2, 0.25) is 0 Å². The van der Waals surface area contributed by atoms with Gasteiger partial charge in [-0.3, -0.25) is 5.43 Å². The molecule has 11 heavy (non-hydrogen) atoms. The zero-order valence-electron chi connectivity index (χ0n) is 6.07. The zero-order valence-corrected chi connectivity index (χ0v) is 6.07. The summed E-state index contributed by atoms with van der Waals surface area (Å²) in [6, 6.07) is -1.46. The number of nitrogens with zero attached hydrogens (tertiary/aromatic N) is 1. The maximum atomic E-state index is 11.9. The van der Waals surface area contributed by atoms with Gasteiger partial charge in [-0.1, -0.05) is 6.92 Å². The molecule has 5 heteroatoms. The van der Waals surface area contributed by atoms with Crippen molar-refractivity contribution in [3.8, 4) is 0 Å². The first kappa shape index (κ1) is 8.36. The molecule has 0 fully saturated rings. The number of rotatable bonds is 1. The van der Waals surface area contributed by atoms with Crippen LogP contribution in [-0.2, 0) is 0 Å². The molecule has 0 spiro atoms. The minimum atomic E-state index is -4.17. The normalized spacial score (nSPS) is 24.7. The van der Waals surface area contributed by atoms with E-state index in [-0.39, 0.29) is 6.42 Å². The van der Waals surface area contributed by atoms with Crippen LogP contribution in [0.5, 0.6) is 0 Å². The van der Waals surface area contributed by atoms with Crippen LogP contribution in [-0.4, -0.2) is 17.9 Å². The van der Waals surface area contributed by atoms with E-state index in [2.05, 4.69) is 10.5 Å². The standard InChI is InChI=1S/C6H9F3N2/c1-2-4-3-5(11-10-4)6(7,8)9/h5,11H,2-3H2,1H3. The van der Waals surface area contributed by atoms with Gasteiger partial charge in [0.25, 0.3) is 0 Å². The molecule has 0 aromatic carbocycles. The first-order valence-corrected chi connectivity index (χ1v) is 3.41. The van der Waals surface area contributed by atoms with Gasteiger partial charge in [-0.25, -0.2) is 0 Å². The Morgan fingerprint density at radius 2 is 2.27 bits per heavy atom. The molecule has 0 saturated heterocycles. The highest BCUT2D eigenvalue weighted by atomic mass is 19.4. The lowest BCUT2D eigenvalue weighted by Gasteiger charge is -2.13. The Hall–Kier alpha value is -0.740. The summed E-state index contributed by atoms with van der Waals surface area (Å²) in [5, 5.41) is 3.55. The fraction of sp³-hybridized carbons (Fsp3) is 0.833. The van der Waals surface area contributed by atoms with Gasteiger partial charge in [-0.05, 0) is 6.42 Å². The summed E-state index contributed by atoms with van der Waals surface area (Å²) in [5.74, 6) is 0. The summed E-state index contributed by atoms with van der Waals surface area (Å²) in [6.07, 6.45) is -3.58. The van der Waals surface area contributed by atoms with E-state index in [4.69, 9.17) is 0 Å². The molecule has 1 aliphatic heterocycles. The van der Waals surface area contributed by atoms with E-state index in [1.54, 1.807) is 6.92 Å². The lowest BCUT2D eigenvalue weighted by molar-refractivity contribution is -0.152. The second kappa shape index (κ2) is 2.71. The van der Waals surface area contributed by atoms with Crippen LogP contribution in [0, 0.1) is 0 Å². The molecule has 0 amide bonds. The predicted octanol–water partition coefficient (Wildman–Crippen LogP) is 1.68. The van der Waals surface area contributed by atoms with E-state index >= 15 is 0 Å². The van der Waals surface area contributed by atoms with Crippen LogP contribution in [0.2, 0.25) is 0 Å². The maximum absolute atomic E-state index is 11.9. The Kier molecular flexibility index (Phi) is 2.06. The molecule has 0 aliphatic carbocycles. The van der Waals surface area contributed by atoms with Crippen LogP contribution < -0.4 is 5.43 Å². The minimum absolute atomic E-state index is 0. The van der Waals surface area contributed by atoms with Gasteiger partial charge >= 0.3 is 6.18 Å². The summed E-state index contributed by atoms with van der Waals surface area (Å²) >= 11 is 0. The number of hydrogen-bond donors (Lipinski definition) is 1. The molecule has 1 heterocycles. The summed E-state index contributed by atoms with van der Waals surface area (Å²) in [7, 11) is 0. The van der Waals surface area contributed by atoms with E-state index in [0.29, 0.717) is 12.1 Å². The highest BCUT2D eigenvalue weighted by molar-refractivity contribution is 5.85. The van der Waals surface area contributed by atoms with Crippen LogP contribution in [0.4, 0.5) is 13.2 Å². The van der Waals surface area contributed by atoms with Crippen molar-refractivity contribution in [3.05, 3.63) is 0 Å². The Labute approximate surface area is 62.5 Å². The Morgan fingerprint density at radius 3 is 2.55 bits per heavy atom. The fourth-order valence-corrected chi connectivity index (χ4v) is 0.908. The largest absolute Gasteiger partial charge is 0.410 e. The van der Waals surface area contributed by atoms with Gasteiger partial charge in [0.15, 0.2) is 0 Å². The zero-order chi connectivity index (χ0) is 8.48. The lowest BCUT2D eigenvalue weighted by Crippen LogP contribution is -2.36. The molecule has 0 bridgehead atoms. The van der Waals surface area contributed by atoms with Gasteiger partial charge in [-0.2, -0.15) is 18.3 Å². The van der Waals surface area contributed by atoms with Crippen molar-refractivity contribution in [3.63, 3.8) is 0 Å².